The minimum atomic E-state index is -0.510. The second-order valence-electron chi connectivity index (χ2n) is 5.78. The van der Waals surface area contributed by atoms with E-state index in [-0.39, 0.29) is 5.91 Å². The van der Waals surface area contributed by atoms with Gasteiger partial charge in [0.05, 0.1) is 18.1 Å². The lowest BCUT2D eigenvalue weighted by Gasteiger charge is -2.15. The maximum atomic E-state index is 13.0. The molecule has 108 valence electrons. The van der Waals surface area contributed by atoms with Gasteiger partial charge in [-0.3, -0.25) is 4.79 Å². The Bertz CT molecular complexity index is 718. The van der Waals surface area contributed by atoms with Crippen LogP contribution >= 0.6 is 0 Å². The predicted octanol–water partition coefficient (Wildman–Crippen LogP) is 2.22. The molecule has 3 heterocycles. The van der Waals surface area contributed by atoms with Gasteiger partial charge in [-0.2, -0.15) is 4.39 Å². The summed E-state index contributed by atoms with van der Waals surface area (Å²) in [6, 6.07) is 3.00. The van der Waals surface area contributed by atoms with Gasteiger partial charge in [-0.25, -0.2) is 9.97 Å². The van der Waals surface area contributed by atoms with E-state index in [1.54, 1.807) is 6.07 Å². The van der Waals surface area contributed by atoms with Crippen molar-refractivity contribution in [1.29, 1.82) is 0 Å². The van der Waals surface area contributed by atoms with E-state index in [0.717, 1.165) is 23.5 Å². The van der Waals surface area contributed by atoms with Gasteiger partial charge in [0.15, 0.2) is 0 Å². The van der Waals surface area contributed by atoms with E-state index in [4.69, 9.17) is 0 Å². The van der Waals surface area contributed by atoms with E-state index in [9.17, 15) is 9.18 Å². The Hall–Kier alpha value is -2.24. The van der Waals surface area contributed by atoms with Crippen LogP contribution in [-0.4, -0.2) is 31.9 Å². The maximum Gasteiger partial charge on any atom is 0.291 e. The van der Waals surface area contributed by atoms with Crippen molar-refractivity contribution in [1.82, 2.24) is 19.4 Å². The number of imidazole rings is 1. The molecule has 2 aliphatic rings. The molecule has 2 aromatic rings. The zero-order valence-corrected chi connectivity index (χ0v) is 11.7. The number of fused-ring (bicyclic) bond motifs is 1. The lowest BCUT2D eigenvalue weighted by molar-refractivity contribution is 0.0758. The van der Waals surface area contributed by atoms with Crippen LogP contribution in [0, 0.1) is 18.8 Å². The summed E-state index contributed by atoms with van der Waals surface area (Å²) in [7, 11) is 0. The van der Waals surface area contributed by atoms with Crippen molar-refractivity contribution >= 4 is 5.91 Å². The summed E-state index contributed by atoms with van der Waals surface area (Å²) in [5.74, 6) is 0.610. The largest absolute Gasteiger partial charge is 0.318 e. The molecule has 0 N–H and O–H groups in total. The van der Waals surface area contributed by atoms with Crippen LogP contribution in [0.3, 0.4) is 0 Å². The van der Waals surface area contributed by atoms with Crippen LogP contribution in [0.1, 0.15) is 29.2 Å². The van der Waals surface area contributed by atoms with Crippen molar-refractivity contribution in [3.63, 3.8) is 0 Å². The number of amides is 1. The monoisotopic (exact) mass is 286 g/mol. The van der Waals surface area contributed by atoms with Crippen LogP contribution in [0.2, 0.25) is 0 Å². The van der Waals surface area contributed by atoms with E-state index in [2.05, 4.69) is 9.97 Å². The van der Waals surface area contributed by atoms with Crippen LogP contribution < -0.4 is 0 Å². The molecule has 21 heavy (non-hydrogen) atoms. The molecule has 0 spiro atoms. The first-order chi connectivity index (χ1) is 10.1. The maximum absolute atomic E-state index is 13.0. The zero-order valence-electron chi connectivity index (χ0n) is 11.7. The average Bonchev–Trinajstić information content (AvgIpc) is 3.16. The second-order valence-corrected chi connectivity index (χ2v) is 5.78. The summed E-state index contributed by atoms with van der Waals surface area (Å²) < 4.78 is 14.9. The van der Waals surface area contributed by atoms with Gasteiger partial charge in [0.25, 0.3) is 5.91 Å². The molecule has 1 fully saturated rings. The van der Waals surface area contributed by atoms with Crippen LogP contribution in [-0.2, 0) is 6.67 Å². The highest BCUT2D eigenvalue weighted by atomic mass is 19.1. The average molecular weight is 286 g/mol. The van der Waals surface area contributed by atoms with Gasteiger partial charge in [0.1, 0.15) is 0 Å². The molecule has 0 radical (unpaired) electrons. The number of rotatable bonds is 3. The third-order valence-corrected chi connectivity index (χ3v) is 4.11. The molecule has 1 saturated carbocycles. The highest BCUT2D eigenvalue weighted by Crippen LogP contribution is 2.34. The SMILES string of the molecule is Cc1nc2n(c1-c1ccc(F)nc1)CN(CC1CC1)C2=O. The number of aryl methyl sites for hydroxylation is 1. The van der Waals surface area contributed by atoms with Gasteiger partial charge >= 0.3 is 0 Å². The lowest BCUT2D eigenvalue weighted by Crippen LogP contribution is -2.27. The summed E-state index contributed by atoms with van der Waals surface area (Å²) in [4.78, 5) is 22.3. The topological polar surface area (TPSA) is 51.0 Å². The van der Waals surface area contributed by atoms with E-state index >= 15 is 0 Å². The van der Waals surface area contributed by atoms with Crippen LogP contribution in [0.4, 0.5) is 4.39 Å². The van der Waals surface area contributed by atoms with Gasteiger partial charge in [-0.05, 0) is 37.8 Å². The third kappa shape index (κ3) is 2.02. The first kappa shape index (κ1) is 12.5. The van der Waals surface area contributed by atoms with Crippen molar-refractivity contribution in [3.05, 3.63) is 35.8 Å². The zero-order chi connectivity index (χ0) is 14.6. The summed E-state index contributed by atoms with van der Waals surface area (Å²) in [6.07, 6.45) is 3.90. The molecule has 1 aliphatic heterocycles. The standard InChI is InChI=1S/C15H15FN4O/c1-9-13(11-4-5-12(16)17-6-11)20-8-19(7-10-2-3-10)15(21)14(20)18-9/h4-6,10H,2-3,7-8H2,1H3. The van der Waals surface area contributed by atoms with Crippen molar-refractivity contribution in [2.75, 3.05) is 6.54 Å². The molecular weight excluding hydrogens is 271 g/mol. The Morgan fingerprint density at radius 1 is 1.38 bits per heavy atom. The first-order valence-corrected chi connectivity index (χ1v) is 7.12. The summed E-state index contributed by atoms with van der Waals surface area (Å²) >= 11 is 0. The lowest BCUT2D eigenvalue weighted by atomic mass is 10.2. The minimum Gasteiger partial charge on any atom is -0.318 e. The Kier molecular flexibility index (Phi) is 2.60. The fourth-order valence-corrected chi connectivity index (χ4v) is 2.88. The Labute approximate surface area is 121 Å². The van der Waals surface area contributed by atoms with Gasteiger partial charge in [0, 0.05) is 18.3 Å². The molecule has 0 atom stereocenters. The molecular formula is C15H15FN4O. The molecule has 2 aromatic heterocycles. The fraction of sp³-hybridized carbons (Fsp3) is 0.400. The van der Waals surface area contributed by atoms with Gasteiger partial charge in [-0.1, -0.05) is 0 Å². The van der Waals surface area contributed by atoms with Gasteiger partial charge in [0.2, 0.25) is 11.8 Å². The van der Waals surface area contributed by atoms with E-state index in [0.29, 0.717) is 18.4 Å². The van der Waals surface area contributed by atoms with Crippen molar-refractivity contribution < 1.29 is 9.18 Å². The van der Waals surface area contributed by atoms with E-state index < -0.39 is 5.95 Å². The molecule has 0 saturated heterocycles. The second kappa shape index (κ2) is 4.38. The highest BCUT2D eigenvalue weighted by Gasteiger charge is 2.36. The Balaban J connectivity index is 1.72. The fourth-order valence-electron chi connectivity index (χ4n) is 2.88. The van der Waals surface area contributed by atoms with E-state index in [1.165, 1.54) is 25.1 Å². The number of nitrogens with zero attached hydrogens (tertiary/aromatic N) is 4. The number of carbonyl (C=O) groups is 1. The molecule has 1 amide bonds. The Morgan fingerprint density at radius 3 is 2.86 bits per heavy atom. The van der Waals surface area contributed by atoms with Crippen LogP contribution in [0.15, 0.2) is 18.3 Å². The first-order valence-electron chi connectivity index (χ1n) is 7.12. The molecule has 0 aromatic carbocycles. The number of halogens is 1. The minimum absolute atomic E-state index is 0.00804. The molecule has 5 nitrogen and oxygen atoms in total. The normalized spacial score (nSPS) is 17.4. The molecule has 6 heteroatoms. The molecule has 0 bridgehead atoms. The highest BCUT2D eigenvalue weighted by molar-refractivity contribution is 5.94. The molecule has 0 unspecified atom stereocenters. The smallest absolute Gasteiger partial charge is 0.291 e. The molecule has 4 rings (SSSR count). The van der Waals surface area contributed by atoms with Crippen molar-refractivity contribution in [2.45, 2.75) is 26.4 Å². The quantitative estimate of drug-likeness (QED) is 0.813. The summed E-state index contributed by atoms with van der Waals surface area (Å²) in [6.45, 7) is 3.20. The Morgan fingerprint density at radius 2 is 2.19 bits per heavy atom. The number of aromatic nitrogens is 3. The summed E-state index contributed by atoms with van der Waals surface area (Å²) in [5, 5.41) is 0. The van der Waals surface area contributed by atoms with Gasteiger partial charge in [-0.15, -0.1) is 0 Å². The van der Waals surface area contributed by atoms with Gasteiger partial charge < -0.3 is 9.47 Å². The number of hydrogen-bond donors (Lipinski definition) is 0. The number of hydrogen-bond acceptors (Lipinski definition) is 3. The summed E-state index contributed by atoms with van der Waals surface area (Å²) in [5.41, 5.74) is 2.41. The number of carbonyl (C=O) groups excluding carboxylic acids is 1. The van der Waals surface area contributed by atoms with E-state index in [1.807, 2.05) is 16.4 Å². The number of pyridine rings is 1. The van der Waals surface area contributed by atoms with Crippen LogP contribution in [0.5, 0.6) is 0 Å². The molecule has 1 aliphatic carbocycles. The van der Waals surface area contributed by atoms with Crippen molar-refractivity contribution in [3.8, 4) is 11.3 Å². The predicted molar refractivity (Wildman–Crippen MR) is 73.9 cm³/mol. The van der Waals surface area contributed by atoms with Crippen LogP contribution in [0.25, 0.3) is 11.3 Å². The van der Waals surface area contributed by atoms with Crippen molar-refractivity contribution in [2.24, 2.45) is 5.92 Å². The third-order valence-electron chi connectivity index (χ3n) is 4.11.